The van der Waals surface area contributed by atoms with Gasteiger partial charge in [0.05, 0.1) is 50.4 Å². The van der Waals surface area contributed by atoms with Gasteiger partial charge in [0.15, 0.2) is 29.0 Å². The van der Waals surface area contributed by atoms with Crippen LogP contribution >= 0.6 is 23.5 Å². The lowest BCUT2D eigenvalue weighted by Gasteiger charge is -2.33. The number of aliphatic hydroxyl groups is 4. The third kappa shape index (κ3) is 16.4. The number of phosphoric acid groups is 3. The van der Waals surface area contributed by atoms with Crippen LogP contribution in [0.1, 0.15) is 65.1 Å². The maximum Gasteiger partial charge on any atom is 0.469 e. The van der Waals surface area contributed by atoms with Gasteiger partial charge in [0.1, 0.15) is 42.7 Å². The number of hydrogen-bond acceptors (Lipinski definition) is 22. The molecule has 4 fully saturated rings. The first-order valence-corrected chi connectivity index (χ1v) is 28.3. The summed E-state index contributed by atoms with van der Waals surface area (Å²) in [7, 11) is -14.0. The largest absolute Gasteiger partial charge is 0.469 e. The average Bonchev–Trinajstić information content (AvgIpc) is 4.12. The number of H-pyrrole nitrogens is 1. The maximum absolute atomic E-state index is 12.1. The molecule has 3 aliphatic heterocycles. The van der Waals surface area contributed by atoms with Gasteiger partial charge in [0.25, 0.3) is 11.5 Å². The molecule has 32 nitrogen and oxygen atoms in total. The first-order chi connectivity index (χ1) is 35.6. The van der Waals surface area contributed by atoms with Gasteiger partial charge < -0.3 is 84.3 Å². The number of ether oxygens (including phenoxy) is 4. The van der Waals surface area contributed by atoms with E-state index in [1.807, 2.05) is 0 Å². The standard InChI is InChI=1S/C17H28N5O8P.C13H19N2O8P.C11H17N2O7P/c1-2-3-6-28-7-4-5-18-15-12-16(20-9-19-15)22(10-21-12)17-14(24)13(23)11(30-17)8-29-31(25,26)27;1-13(2)22-10-7(6-21-24(18,19)20)5-8(11(10)23-13)15-4-3-9(16)14-12(15)17;1-6-12-9(14)2-3-13(6)8-4-7(10(15)11(8)16)5-20-21(17,18)19/h9-11,13-14,17,23-24H,2-8H2,1H3,(H,18,19,20)(H2,25,26,27);3-4,7-8,10-11H,5-6H2,1-2H3,(H,14,16,17)(H2,18,19,20);2-3,7-8,10-11,15-16H,1,4-5H2,(H,12,14)(H2,17,18,19)/t11?,13-,14-,17-;7?,8-,10-,11?;7?,8-,10-,11+/m111/s1. The number of rotatable bonds is 20. The zero-order valence-electron chi connectivity index (χ0n) is 41.2. The maximum atomic E-state index is 12.1. The van der Waals surface area contributed by atoms with Gasteiger partial charge >= 0.3 is 29.2 Å². The minimum atomic E-state index is -4.74. The molecule has 2 saturated heterocycles. The van der Waals surface area contributed by atoms with Gasteiger partial charge in [0.2, 0.25) is 0 Å². The predicted molar refractivity (Wildman–Crippen MR) is 259 cm³/mol. The number of amides is 1. The Kier molecular flexibility index (Phi) is 20.6. The van der Waals surface area contributed by atoms with E-state index in [-0.39, 0.29) is 37.3 Å². The van der Waals surface area contributed by atoms with Crippen molar-refractivity contribution in [2.24, 2.45) is 11.8 Å². The number of hydrogen-bond donors (Lipinski definition) is 13. The fourth-order valence-electron chi connectivity index (χ4n) is 9.07. The van der Waals surface area contributed by atoms with E-state index >= 15 is 0 Å². The molecule has 3 aromatic rings. The Bertz CT molecular complexity index is 2760. The highest BCUT2D eigenvalue weighted by atomic mass is 31.2. The Morgan fingerprint density at radius 2 is 1.43 bits per heavy atom. The SMILES string of the molecule is C=C1NC(=O)C=CN1[C@@H]1CC(COP(=O)(O)O)[C@@H](O)[C@H]1O.CC1(C)OC2[C@H](O1)C(COP(=O)(O)O)C[C@H]2n1ccc(=O)[nH]c1=O.CCCCOCCCNc1ncnc2c1ncn2[C@@H]1OC(COP(=O)(O)O)[C@@H](O)[C@H]1O. The number of anilines is 1. The summed E-state index contributed by atoms with van der Waals surface area (Å²) >= 11 is 0. The highest BCUT2D eigenvalue weighted by molar-refractivity contribution is 7.46. The van der Waals surface area contributed by atoms with Crippen LogP contribution in [0.2, 0.25) is 0 Å². The Morgan fingerprint density at radius 3 is 2.08 bits per heavy atom. The van der Waals surface area contributed by atoms with Gasteiger partial charge in [-0.15, -0.1) is 0 Å². The molecule has 1 amide bonds. The number of aromatic nitrogens is 6. The molecule has 0 bridgehead atoms. The van der Waals surface area contributed by atoms with E-state index in [2.05, 4.69) is 57.6 Å². The van der Waals surface area contributed by atoms with Crippen molar-refractivity contribution in [1.82, 2.24) is 39.3 Å². The van der Waals surface area contributed by atoms with Crippen molar-refractivity contribution in [3.63, 3.8) is 0 Å². The number of imidazole rings is 1. The van der Waals surface area contributed by atoms with Crippen LogP contribution in [0.3, 0.4) is 0 Å². The van der Waals surface area contributed by atoms with Crippen molar-refractivity contribution < 1.29 is 101 Å². The van der Waals surface area contributed by atoms with Crippen LogP contribution < -0.4 is 21.9 Å². The Balaban J connectivity index is 0.000000189. The van der Waals surface area contributed by atoms with Crippen molar-refractivity contribution in [2.45, 2.75) is 120 Å². The van der Waals surface area contributed by atoms with Gasteiger partial charge in [-0.05, 0) is 39.5 Å². The summed E-state index contributed by atoms with van der Waals surface area (Å²) in [6.45, 7) is 10.0. The van der Waals surface area contributed by atoms with E-state index < -0.39 is 114 Å². The molecule has 426 valence electrons. The number of nitrogens with zero attached hydrogens (tertiary/aromatic N) is 6. The van der Waals surface area contributed by atoms with Gasteiger partial charge in [-0.1, -0.05) is 19.9 Å². The average molecular weight is 1140 g/mol. The Morgan fingerprint density at radius 1 is 0.803 bits per heavy atom. The van der Waals surface area contributed by atoms with E-state index in [9.17, 15) is 48.5 Å². The molecular weight excluding hydrogens is 1080 g/mol. The Labute approximate surface area is 432 Å². The monoisotopic (exact) mass is 1140 g/mol. The number of aliphatic hydroxyl groups excluding tert-OH is 4. The van der Waals surface area contributed by atoms with E-state index in [1.165, 1.54) is 51.2 Å². The lowest BCUT2D eigenvalue weighted by molar-refractivity contribution is -0.161. The molecule has 0 radical (unpaired) electrons. The van der Waals surface area contributed by atoms with Crippen molar-refractivity contribution in [1.29, 1.82) is 0 Å². The highest BCUT2D eigenvalue weighted by Gasteiger charge is 2.55. The zero-order valence-corrected chi connectivity index (χ0v) is 43.9. The molecule has 8 rings (SSSR count). The van der Waals surface area contributed by atoms with Crippen molar-refractivity contribution in [3.8, 4) is 0 Å². The summed E-state index contributed by atoms with van der Waals surface area (Å²) in [6.07, 6.45) is 1.97. The molecule has 4 unspecified atom stereocenters. The van der Waals surface area contributed by atoms with E-state index in [4.69, 9.17) is 48.3 Å². The van der Waals surface area contributed by atoms with Crippen LogP contribution in [-0.2, 0) is 51.0 Å². The first-order valence-electron chi connectivity index (χ1n) is 23.7. The summed E-state index contributed by atoms with van der Waals surface area (Å²) in [5.74, 6) is -1.47. The molecule has 0 aromatic carbocycles. The fraction of sp³-hybridized carbons (Fsp3) is 0.659. The predicted octanol–water partition coefficient (Wildman–Crippen LogP) is -1.48. The summed E-state index contributed by atoms with van der Waals surface area (Å²) in [5, 5.41) is 46.2. The molecule has 12 atom stereocenters. The van der Waals surface area contributed by atoms with E-state index in [0.29, 0.717) is 36.6 Å². The smallest absolute Gasteiger partial charge is 0.390 e. The van der Waals surface area contributed by atoms with Crippen LogP contribution in [0.15, 0.2) is 59.2 Å². The number of nitrogens with one attached hydrogen (secondary N) is 3. The summed E-state index contributed by atoms with van der Waals surface area (Å²) in [4.78, 5) is 104. The second kappa shape index (κ2) is 25.7. The van der Waals surface area contributed by atoms with Crippen molar-refractivity contribution in [3.05, 3.63) is 70.4 Å². The summed E-state index contributed by atoms with van der Waals surface area (Å²) in [5.41, 5.74) is -0.258. The van der Waals surface area contributed by atoms with Gasteiger partial charge in [0, 0.05) is 56.1 Å². The minimum Gasteiger partial charge on any atom is -0.390 e. The molecule has 2 aliphatic carbocycles. The third-order valence-electron chi connectivity index (χ3n) is 12.5. The number of carbonyl (C=O) groups is 1. The number of aromatic amines is 1. The first kappa shape index (κ1) is 61.0. The normalized spacial score (nSPS) is 29.2. The number of unbranched alkanes of at least 4 members (excludes halogenated alkanes) is 1. The van der Waals surface area contributed by atoms with Crippen LogP contribution in [0.5, 0.6) is 0 Å². The summed E-state index contributed by atoms with van der Waals surface area (Å²) in [6, 6.07) is 0.220. The van der Waals surface area contributed by atoms with Gasteiger partial charge in [-0.3, -0.25) is 37.3 Å². The molecule has 5 aliphatic rings. The van der Waals surface area contributed by atoms with Crippen LogP contribution in [0, 0.1) is 11.8 Å². The van der Waals surface area contributed by atoms with Crippen LogP contribution in [-0.4, -0.2) is 184 Å². The van der Waals surface area contributed by atoms with Gasteiger partial charge in [-0.2, -0.15) is 0 Å². The molecule has 35 heteroatoms. The van der Waals surface area contributed by atoms with E-state index in [1.54, 1.807) is 13.8 Å². The van der Waals surface area contributed by atoms with E-state index in [0.717, 1.165) is 25.9 Å². The summed E-state index contributed by atoms with van der Waals surface area (Å²) < 4.78 is 71.5. The minimum absolute atomic E-state index is 0.223. The molecule has 13 N–H and O–H groups in total. The lowest BCUT2D eigenvalue weighted by atomic mass is 10.1. The Hall–Kier alpha value is -4.21. The van der Waals surface area contributed by atoms with Crippen LogP contribution in [0.4, 0.5) is 5.82 Å². The molecule has 2 saturated carbocycles. The topological polar surface area (TPSA) is 461 Å². The quantitative estimate of drug-likeness (QED) is 0.0453. The second-order valence-electron chi connectivity index (χ2n) is 18.5. The van der Waals surface area contributed by atoms with Gasteiger partial charge in [-0.25, -0.2) is 33.4 Å². The molecule has 0 spiro atoms. The lowest BCUT2D eigenvalue weighted by Crippen LogP contribution is -2.45. The van der Waals surface area contributed by atoms with Crippen LogP contribution in [0.25, 0.3) is 11.2 Å². The number of fused-ring (bicyclic) bond motifs is 2. The molecule has 6 heterocycles. The molecule has 76 heavy (non-hydrogen) atoms. The number of phosphoric ester groups is 3. The fourth-order valence-corrected chi connectivity index (χ4v) is 10.2. The second-order valence-corrected chi connectivity index (χ2v) is 22.3. The number of carbonyl (C=O) groups excluding carboxylic acids is 1. The van der Waals surface area contributed by atoms with Crippen molar-refractivity contribution >= 4 is 46.4 Å². The molecule has 3 aromatic heterocycles. The third-order valence-corrected chi connectivity index (χ3v) is 14.0. The zero-order chi connectivity index (χ0) is 55.9. The van der Waals surface area contributed by atoms with Crippen molar-refractivity contribution in [2.75, 3.05) is 44.9 Å². The molecular formula is C41H64N9O23P3. The highest BCUT2D eigenvalue weighted by Crippen LogP contribution is 2.48.